The number of hydrogen-bond donors (Lipinski definition) is 2. The van der Waals surface area contributed by atoms with Crippen LogP contribution in [0.4, 0.5) is 5.69 Å². The standard InChI is InChI=1S/C14H19N3O3/c1-9-6-7-13(17(19)20)10(8-9)14(18)16-12-5-3-2-4-11(12)15/h6-8,11-12H,2-5,15H2,1H3,(H,16,18). The van der Waals surface area contributed by atoms with Gasteiger partial charge in [-0.15, -0.1) is 0 Å². The molecule has 1 aromatic rings. The van der Waals surface area contributed by atoms with Gasteiger partial charge in [0.1, 0.15) is 5.56 Å². The van der Waals surface area contributed by atoms with Gasteiger partial charge in [0.05, 0.1) is 4.92 Å². The molecule has 1 fully saturated rings. The van der Waals surface area contributed by atoms with E-state index in [1.807, 2.05) is 0 Å². The summed E-state index contributed by atoms with van der Waals surface area (Å²) in [4.78, 5) is 22.7. The molecule has 0 aliphatic heterocycles. The van der Waals surface area contributed by atoms with Crippen LogP contribution >= 0.6 is 0 Å². The maximum atomic E-state index is 12.3. The van der Waals surface area contributed by atoms with Crippen LogP contribution < -0.4 is 11.1 Å². The first-order valence-electron chi connectivity index (χ1n) is 6.80. The second-order valence-electron chi connectivity index (χ2n) is 5.31. The Hall–Kier alpha value is -1.95. The number of carbonyl (C=O) groups excluding carboxylic acids is 1. The molecule has 0 heterocycles. The molecule has 108 valence electrons. The number of carbonyl (C=O) groups is 1. The van der Waals surface area contributed by atoms with Crippen molar-refractivity contribution in [3.05, 3.63) is 39.4 Å². The Kier molecular flexibility index (Phi) is 4.34. The Morgan fingerprint density at radius 3 is 2.75 bits per heavy atom. The molecule has 20 heavy (non-hydrogen) atoms. The number of hydrogen-bond acceptors (Lipinski definition) is 4. The van der Waals surface area contributed by atoms with Gasteiger partial charge >= 0.3 is 0 Å². The van der Waals surface area contributed by atoms with Crippen LogP contribution in [-0.2, 0) is 0 Å². The fourth-order valence-electron chi connectivity index (χ4n) is 2.58. The molecule has 0 radical (unpaired) electrons. The van der Waals surface area contributed by atoms with Crippen LogP contribution in [0.3, 0.4) is 0 Å². The average Bonchev–Trinajstić information content (AvgIpc) is 2.40. The molecular weight excluding hydrogens is 258 g/mol. The van der Waals surface area contributed by atoms with Gasteiger partial charge in [-0.3, -0.25) is 14.9 Å². The molecular formula is C14H19N3O3. The highest BCUT2D eigenvalue weighted by atomic mass is 16.6. The monoisotopic (exact) mass is 277 g/mol. The third-order valence-electron chi connectivity index (χ3n) is 3.73. The Bertz CT molecular complexity index is 530. The van der Waals surface area contributed by atoms with E-state index in [4.69, 9.17) is 5.73 Å². The fraction of sp³-hybridized carbons (Fsp3) is 0.500. The summed E-state index contributed by atoms with van der Waals surface area (Å²) in [6, 6.07) is 4.36. The van der Waals surface area contributed by atoms with Crippen molar-refractivity contribution in [2.24, 2.45) is 5.73 Å². The van der Waals surface area contributed by atoms with Gasteiger partial charge in [0.15, 0.2) is 0 Å². The van der Waals surface area contributed by atoms with E-state index >= 15 is 0 Å². The third kappa shape index (κ3) is 3.14. The molecule has 0 saturated heterocycles. The molecule has 1 saturated carbocycles. The van der Waals surface area contributed by atoms with Crippen molar-refractivity contribution in [3.8, 4) is 0 Å². The second kappa shape index (κ2) is 6.00. The summed E-state index contributed by atoms with van der Waals surface area (Å²) in [5, 5.41) is 13.8. The number of amides is 1. The van der Waals surface area contributed by atoms with Crippen molar-refractivity contribution in [1.82, 2.24) is 5.32 Å². The van der Waals surface area contributed by atoms with E-state index in [1.165, 1.54) is 6.07 Å². The van der Waals surface area contributed by atoms with Crippen molar-refractivity contribution >= 4 is 11.6 Å². The van der Waals surface area contributed by atoms with Crippen molar-refractivity contribution in [3.63, 3.8) is 0 Å². The number of aryl methyl sites for hydroxylation is 1. The molecule has 0 bridgehead atoms. The lowest BCUT2D eigenvalue weighted by Gasteiger charge is -2.29. The van der Waals surface area contributed by atoms with Crippen LogP contribution in [-0.4, -0.2) is 22.9 Å². The minimum absolute atomic E-state index is 0.0726. The summed E-state index contributed by atoms with van der Waals surface area (Å²) in [7, 11) is 0. The molecule has 0 aromatic heterocycles. The van der Waals surface area contributed by atoms with Gasteiger partial charge in [-0.25, -0.2) is 0 Å². The quantitative estimate of drug-likeness (QED) is 0.651. The minimum atomic E-state index is -0.533. The normalized spacial score (nSPS) is 22.3. The Morgan fingerprint density at radius 2 is 2.10 bits per heavy atom. The maximum absolute atomic E-state index is 12.3. The molecule has 2 unspecified atom stereocenters. The molecule has 1 aromatic carbocycles. The van der Waals surface area contributed by atoms with Gasteiger partial charge in [0.2, 0.25) is 0 Å². The molecule has 6 nitrogen and oxygen atoms in total. The van der Waals surface area contributed by atoms with Crippen LogP contribution in [0.5, 0.6) is 0 Å². The number of benzene rings is 1. The average molecular weight is 277 g/mol. The zero-order valence-corrected chi connectivity index (χ0v) is 11.5. The maximum Gasteiger partial charge on any atom is 0.282 e. The first-order valence-corrected chi connectivity index (χ1v) is 6.80. The van der Waals surface area contributed by atoms with E-state index in [2.05, 4.69) is 5.32 Å². The van der Waals surface area contributed by atoms with E-state index in [-0.39, 0.29) is 23.3 Å². The zero-order chi connectivity index (χ0) is 14.7. The number of nitro groups is 1. The summed E-state index contributed by atoms with van der Waals surface area (Å²) >= 11 is 0. The van der Waals surface area contributed by atoms with E-state index in [0.29, 0.717) is 0 Å². The lowest BCUT2D eigenvalue weighted by atomic mass is 9.91. The van der Waals surface area contributed by atoms with Gasteiger partial charge < -0.3 is 11.1 Å². The van der Waals surface area contributed by atoms with E-state index in [0.717, 1.165) is 31.2 Å². The van der Waals surface area contributed by atoms with Crippen molar-refractivity contribution in [1.29, 1.82) is 0 Å². The lowest BCUT2D eigenvalue weighted by Crippen LogP contribution is -2.49. The number of nitrogens with zero attached hydrogens (tertiary/aromatic N) is 1. The minimum Gasteiger partial charge on any atom is -0.348 e. The van der Waals surface area contributed by atoms with E-state index < -0.39 is 10.8 Å². The van der Waals surface area contributed by atoms with Crippen LogP contribution in [0.2, 0.25) is 0 Å². The molecule has 2 rings (SSSR count). The third-order valence-corrected chi connectivity index (χ3v) is 3.73. The van der Waals surface area contributed by atoms with Crippen LogP contribution in [0.15, 0.2) is 18.2 Å². The fourth-order valence-corrected chi connectivity index (χ4v) is 2.58. The molecule has 0 spiro atoms. The molecule has 2 atom stereocenters. The van der Waals surface area contributed by atoms with E-state index in [1.54, 1.807) is 19.1 Å². The smallest absolute Gasteiger partial charge is 0.282 e. The number of nitrogens with one attached hydrogen (secondary N) is 1. The van der Waals surface area contributed by atoms with Crippen LogP contribution in [0.25, 0.3) is 0 Å². The molecule has 3 N–H and O–H groups in total. The predicted molar refractivity (Wildman–Crippen MR) is 75.5 cm³/mol. The largest absolute Gasteiger partial charge is 0.348 e. The number of rotatable bonds is 3. The first-order chi connectivity index (χ1) is 9.49. The topological polar surface area (TPSA) is 98.3 Å². The van der Waals surface area contributed by atoms with Gasteiger partial charge in [0, 0.05) is 18.2 Å². The first kappa shape index (κ1) is 14.5. The lowest BCUT2D eigenvalue weighted by molar-refractivity contribution is -0.385. The Balaban J connectivity index is 2.20. The Labute approximate surface area is 117 Å². The highest BCUT2D eigenvalue weighted by molar-refractivity contribution is 5.98. The van der Waals surface area contributed by atoms with Crippen LogP contribution in [0.1, 0.15) is 41.6 Å². The Morgan fingerprint density at radius 1 is 1.40 bits per heavy atom. The van der Waals surface area contributed by atoms with Gasteiger partial charge in [-0.05, 0) is 31.4 Å². The number of nitrogens with two attached hydrogens (primary N) is 1. The summed E-state index contributed by atoms with van der Waals surface area (Å²) in [6.07, 6.45) is 3.79. The highest BCUT2D eigenvalue weighted by Gasteiger charge is 2.26. The summed E-state index contributed by atoms with van der Waals surface area (Å²) in [5.74, 6) is -0.414. The second-order valence-corrected chi connectivity index (χ2v) is 5.31. The molecule has 1 aliphatic rings. The van der Waals surface area contributed by atoms with Crippen molar-refractivity contribution < 1.29 is 9.72 Å². The van der Waals surface area contributed by atoms with Crippen molar-refractivity contribution in [2.45, 2.75) is 44.7 Å². The molecule has 1 aliphatic carbocycles. The van der Waals surface area contributed by atoms with Gasteiger partial charge in [-0.2, -0.15) is 0 Å². The van der Waals surface area contributed by atoms with Crippen LogP contribution in [0, 0.1) is 17.0 Å². The number of nitro benzene ring substituents is 1. The molecule has 1 amide bonds. The predicted octanol–water partition coefficient (Wildman–Crippen LogP) is 1.90. The SMILES string of the molecule is Cc1ccc([N+](=O)[O-])c(C(=O)NC2CCCCC2N)c1. The van der Waals surface area contributed by atoms with Gasteiger partial charge in [0.25, 0.3) is 11.6 Å². The molecule has 6 heteroatoms. The highest BCUT2D eigenvalue weighted by Crippen LogP contribution is 2.22. The summed E-state index contributed by atoms with van der Waals surface area (Å²) in [5.41, 5.74) is 6.73. The van der Waals surface area contributed by atoms with Crippen molar-refractivity contribution in [2.75, 3.05) is 0 Å². The van der Waals surface area contributed by atoms with E-state index in [9.17, 15) is 14.9 Å². The summed E-state index contributed by atoms with van der Waals surface area (Å²) in [6.45, 7) is 1.80. The zero-order valence-electron chi connectivity index (χ0n) is 11.5. The summed E-state index contributed by atoms with van der Waals surface area (Å²) < 4.78 is 0. The van der Waals surface area contributed by atoms with Gasteiger partial charge in [-0.1, -0.05) is 18.9 Å².